The number of anilines is 6. The van der Waals surface area contributed by atoms with Crippen molar-refractivity contribution in [2.75, 3.05) is 9.80 Å². The Kier molecular flexibility index (Phi) is 8.38. The summed E-state index contributed by atoms with van der Waals surface area (Å²) in [5.74, 6) is 0. The van der Waals surface area contributed by atoms with Gasteiger partial charge in [-0.25, -0.2) is 0 Å². The second-order valence-electron chi connectivity index (χ2n) is 21.1. The van der Waals surface area contributed by atoms with Crippen LogP contribution < -0.4 is 15.0 Å². The summed E-state index contributed by atoms with van der Waals surface area (Å²) in [6, 6.07) is 57.8. The molecule has 1 aliphatic carbocycles. The van der Waals surface area contributed by atoms with Crippen molar-refractivity contribution in [1.82, 2.24) is 4.40 Å². The van der Waals surface area contributed by atoms with E-state index in [9.17, 15) is 0 Å². The molecule has 0 N–H and O–H groups in total. The largest absolute Gasteiger partial charge is 0.310 e. The van der Waals surface area contributed by atoms with Crippen molar-refractivity contribution in [3.05, 3.63) is 191 Å². The zero-order valence-corrected chi connectivity index (χ0v) is 40.4. The Balaban J connectivity index is 1.22. The first-order valence-corrected chi connectivity index (χ1v) is 26.6. The van der Waals surface area contributed by atoms with Crippen LogP contribution in [0, 0.1) is 20.7 Å². The third-order valence-corrected chi connectivity index (χ3v) is 16.3. The summed E-state index contributed by atoms with van der Waals surface area (Å²) in [6.45, 7) is 20.9. The van der Waals surface area contributed by atoms with Gasteiger partial charge in [0.05, 0.1) is 30.5 Å². The van der Waals surface area contributed by atoms with Crippen molar-refractivity contribution in [3.63, 3.8) is 0 Å². The third kappa shape index (κ3) is 6.51. The Labute approximate surface area is 390 Å². The lowest BCUT2D eigenvalue weighted by molar-refractivity contribution is 0.589. The third-order valence-electron chi connectivity index (χ3n) is 14.2. The van der Waals surface area contributed by atoms with E-state index in [1.165, 1.54) is 82.2 Å². The number of nitrogens with zero attached hydrogens (tertiary/aromatic N) is 3. The topological polar surface area (TPSA) is 10.9 Å². The molecule has 8 aromatic carbocycles. The van der Waals surface area contributed by atoms with Gasteiger partial charge in [0, 0.05) is 59.7 Å². The summed E-state index contributed by atoms with van der Waals surface area (Å²) in [6.07, 6.45) is 0. The fourth-order valence-corrected chi connectivity index (χ4v) is 11.8. The molecule has 0 spiro atoms. The smallest absolute Gasteiger partial charge is 0.0775 e. The molecule has 1 aliphatic rings. The Morgan fingerprint density at radius 2 is 1.12 bits per heavy atom. The van der Waals surface area contributed by atoms with E-state index < -0.39 is 14.9 Å². The molecule has 3 nitrogen and oxygen atoms in total. The van der Waals surface area contributed by atoms with Crippen LogP contribution in [0.5, 0.6) is 0 Å². The molecule has 0 unspecified atom stereocenters. The van der Waals surface area contributed by atoms with Crippen molar-refractivity contribution in [3.8, 4) is 11.3 Å². The molecular formula is C61H59N3Si. The van der Waals surface area contributed by atoms with Crippen molar-refractivity contribution in [2.24, 2.45) is 0 Å². The van der Waals surface area contributed by atoms with Crippen molar-refractivity contribution in [1.29, 1.82) is 0 Å². The van der Waals surface area contributed by atoms with E-state index >= 15 is 0 Å². The van der Waals surface area contributed by atoms with Crippen LogP contribution in [-0.2, 0) is 10.8 Å². The Morgan fingerprint density at radius 1 is 0.554 bits per heavy atom. The highest BCUT2D eigenvalue weighted by Gasteiger charge is 2.43. The van der Waals surface area contributed by atoms with Gasteiger partial charge in [-0.1, -0.05) is 149 Å². The maximum absolute atomic E-state index is 8.21. The molecule has 0 bridgehead atoms. The highest BCUT2D eigenvalue weighted by Crippen LogP contribution is 2.58. The molecule has 2 aromatic heterocycles. The minimum absolute atomic E-state index is 0.0413. The minimum Gasteiger partial charge on any atom is -0.310 e. The zero-order valence-electron chi connectivity index (χ0n) is 42.4. The molecule has 0 aliphatic heterocycles. The first-order valence-electron chi connectivity index (χ1n) is 24.6. The normalized spacial score (nSPS) is 14.5. The maximum Gasteiger partial charge on any atom is 0.0775 e. The van der Waals surface area contributed by atoms with Gasteiger partial charge in [0.25, 0.3) is 0 Å². The molecule has 0 saturated heterocycles. The number of hydrogen-bond acceptors (Lipinski definition) is 2. The summed E-state index contributed by atoms with van der Waals surface area (Å²) < 4.78 is 27.2. The molecule has 0 saturated carbocycles. The summed E-state index contributed by atoms with van der Waals surface area (Å²) in [7, 11) is -1.60. The van der Waals surface area contributed by atoms with Crippen LogP contribution in [0.25, 0.3) is 49.2 Å². The van der Waals surface area contributed by atoms with Gasteiger partial charge in [0.15, 0.2) is 0 Å². The number of fused-ring (bicyclic) bond motifs is 9. The molecule has 11 rings (SSSR count). The van der Waals surface area contributed by atoms with Crippen LogP contribution in [0.1, 0.15) is 72.1 Å². The second kappa shape index (κ2) is 14.4. The lowest BCUT2D eigenvalue weighted by Gasteiger charge is -2.29. The van der Waals surface area contributed by atoms with Gasteiger partial charge >= 0.3 is 0 Å². The monoisotopic (exact) mass is 864 g/mol. The first kappa shape index (κ1) is 37.7. The highest BCUT2D eigenvalue weighted by molar-refractivity contribution is 6.88. The van der Waals surface area contributed by atoms with E-state index in [0.717, 1.165) is 34.1 Å². The molecule has 0 radical (unpaired) electrons. The average molecular weight is 865 g/mol. The van der Waals surface area contributed by atoms with E-state index in [-0.39, 0.29) is 10.8 Å². The second-order valence-corrected chi connectivity index (χ2v) is 26.2. The first-order chi connectivity index (χ1) is 32.2. The van der Waals surface area contributed by atoms with Gasteiger partial charge in [-0.3, -0.25) is 0 Å². The fraction of sp³-hybridized carbons (Fsp3) is 0.213. The number of aryl methyl sites for hydroxylation is 3. The zero-order chi connectivity index (χ0) is 47.8. The standard InChI is InChI=1S/C61H59N3Si/c1-38-12-20-44(21-13-38)62(45-22-14-39(2)15-23-45)48-26-18-41-35-51-50-31-33-54(63(46-24-16-40(3)17-25-46)47-27-29-49(30-28-47)65(9,10)11)56-57-59(64(58(50)56)55(51)36-42(41)34-48)52-37-43(60(4,5)6)19-32-53(52)61(57,7)8/h12-37H,1-11H3/i3D3. The van der Waals surface area contributed by atoms with Gasteiger partial charge in [-0.2, -0.15) is 0 Å². The van der Waals surface area contributed by atoms with Crippen LogP contribution in [0.3, 0.4) is 0 Å². The number of benzene rings is 8. The van der Waals surface area contributed by atoms with E-state index in [4.69, 9.17) is 4.11 Å². The molecular weight excluding hydrogens is 803 g/mol. The Morgan fingerprint density at radius 3 is 1.71 bits per heavy atom. The molecule has 0 fully saturated rings. The molecule has 65 heavy (non-hydrogen) atoms. The Hall–Kier alpha value is -6.62. The molecule has 10 aromatic rings. The number of aromatic nitrogens is 1. The number of rotatable bonds is 7. The van der Waals surface area contributed by atoms with E-state index in [1.807, 2.05) is 12.1 Å². The van der Waals surface area contributed by atoms with E-state index in [1.54, 1.807) is 12.1 Å². The van der Waals surface area contributed by atoms with Crippen molar-refractivity contribution >= 4 is 85.3 Å². The van der Waals surface area contributed by atoms with Crippen LogP contribution in [0.4, 0.5) is 34.1 Å². The molecule has 322 valence electrons. The number of hydrogen-bond donors (Lipinski definition) is 0. The Bertz CT molecular complexity index is 3490. The van der Waals surface area contributed by atoms with Gasteiger partial charge in [-0.05, 0) is 139 Å². The fourth-order valence-electron chi connectivity index (χ4n) is 10.6. The van der Waals surface area contributed by atoms with Crippen molar-refractivity contribution in [2.45, 2.75) is 85.8 Å². The summed E-state index contributed by atoms with van der Waals surface area (Å²) in [4.78, 5) is 4.72. The predicted octanol–water partition coefficient (Wildman–Crippen LogP) is 16.9. The maximum atomic E-state index is 8.21. The van der Waals surface area contributed by atoms with Crippen LogP contribution in [0.15, 0.2) is 158 Å². The predicted molar refractivity (Wildman–Crippen MR) is 284 cm³/mol. The van der Waals surface area contributed by atoms with Crippen molar-refractivity contribution < 1.29 is 4.11 Å². The lowest BCUT2D eigenvalue weighted by Crippen LogP contribution is -2.37. The van der Waals surface area contributed by atoms with Crippen LogP contribution in [0.2, 0.25) is 19.6 Å². The van der Waals surface area contributed by atoms with Gasteiger partial charge in [-0.15, -0.1) is 0 Å². The van der Waals surface area contributed by atoms with Gasteiger partial charge in [0.1, 0.15) is 0 Å². The SMILES string of the molecule is [2H]C([2H])([2H])c1ccc(N(c2ccc([Si](C)(C)C)cc2)c2ccc3c4cc5ccc(N(c6ccc(C)cc6)c6ccc(C)cc6)cc5cc4n4c5c(c2c34)C(C)(C)c2ccc(C(C)(C)C)cc2-5)cc1. The summed E-state index contributed by atoms with van der Waals surface area (Å²) in [5.41, 5.74) is 17.7. The average Bonchev–Trinajstić information content (AvgIpc) is 3.89. The lowest BCUT2D eigenvalue weighted by atomic mass is 9.79. The molecule has 4 heteroatoms. The van der Waals surface area contributed by atoms with Gasteiger partial charge in [0.2, 0.25) is 0 Å². The molecule has 2 heterocycles. The van der Waals surface area contributed by atoms with Crippen LogP contribution in [-0.4, -0.2) is 12.5 Å². The highest BCUT2D eigenvalue weighted by atomic mass is 28.3. The van der Waals surface area contributed by atoms with Gasteiger partial charge < -0.3 is 14.2 Å². The summed E-state index contributed by atoms with van der Waals surface area (Å²) >= 11 is 0. The quantitative estimate of drug-likeness (QED) is 0.148. The van der Waals surface area contributed by atoms with E-state index in [2.05, 4.69) is 216 Å². The minimum atomic E-state index is -2.20. The molecule has 0 amide bonds. The molecule has 0 atom stereocenters. The summed E-state index contributed by atoms with van der Waals surface area (Å²) in [5, 5.41) is 7.41. The van der Waals surface area contributed by atoms with Crippen LogP contribution >= 0.6 is 0 Å². The van der Waals surface area contributed by atoms with E-state index in [0.29, 0.717) is 5.56 Å².